The van der Waals surface area contributed by atoms with Crippen molar-refractivity contribution >= 4 is 22.9 Å². The zero-order valence-corrected chi connectivity index (χ0v) is 11.3. The van der Waals surface area contributed by atoms with Gasteiger partial charge < -0.3 is 10.2 Å². The maximum absolute atomic E-state index is 5.92. The molecule has 1 aliphatic heterocycles. The van der Waals surface area contributed by atoms with Crippen molar-refractivity contribution < 1.29 is 0 Å². The van der Waals surface area contributed by atoms with Crippen molar-refractivity contribution in [3.8, 4) is 0 Å². The Kier molecular flexibility index (Phi) is 4.65. The molecular formula is C12H19ClN2S. The molecule has 1 aromatic rings. The molecule has 1 aliphatic rings. The molecule has 2 heterocycles. The third-order valence-electron chi connectivity index (χ3n) is 3.08. The van der Waals surface area contributed by atoms with Crippen LogP contribution in [0.4, 0.5) is 0 Å². The topological polar surface area (TPSA) is 15.3 Å². The molecular weight excluding hydrogens is 240 g/mol. The minimum Gasteiger partial charge on any atom is -0.317 e. The van der Waals surface area contributed by atoms with Gasteiger partial charge in [0.1, 0.15) is 0 Å². The van der Waals surface area contributed by atoms with Crippen LogP contribution >= 0.6 is 22.9 Å². The molecule has 0 radical (unpaired) electrons. The van der Waals surface area contributed by atoms with Gasteiger partial charge in [-0.15, -0.1) is 11.3 Å². The molecule has 4 heteroatoms. The van der Waals surface area contributed by atoms with E-state index in [1.165, 1.54) is 37.4 Å². The maximum Gasteiger partial charge on any atom is 0.0516 e. The highest BCUT2D eigenvalue weighted by molar-refractivity contribution is 7.10. The van der Waals surface area contributed by atoms with Gasteiger partial charge >= 0.3 is 0 Å². The molecule has 0 spiro atoms. The number of piperidine rings is 1. The van der Waals surface area contributed by atoms with Crippen molar-refractivity contribution in [3.63, 3.8) is 0 Å². The van der Waals surface area contributed by atoms with Gasteiger partial charge in [-0.2, -0.15) is 0 Å². The highest BCUT2D eigenvalue weighted by Gasteiger charge is 2.15. The summed E-state index contributed by atoms with van der Waals surface area (Å²) < 4.78 is 0. The largest absolute Gasteiger partial charge is 0.317 e. The minimum atomic E-state index is 0.863. The number of hydrogen-bond donors (Lipinski definition) is 1. The summed E-state index contributed by atoms with van der Waals surface area (Å²) in [6.45, 7) is 4.60. The van der Waals surface area contributed by atoms with E-state index < -0.39 is 0 Å². The van der Waals surface area contributed by atoms with E-state index in [0.717, 1.165) is 17.5 Å². The van der Waals surface area contributed by atoms with E-state index in [2.05, 4.69) is 23.3 Å². The molecule has 0 saturated carbocycles. The summed E-state index contributed by atoms with van der Waals surface area (Å²) in [5, 5.41) is 6.29. The van der Waals surface area contributed by atoms with Gasteiger partial charge in [0.25, 0.3) is 0 Å². The zero-order valence-electron chi connectivity index (χ0n) is 9.71. The van der Waals surface area contributed by atoms with Gasteiger partial charge in [-0.05, 0) is 45.0 Å². The molecule has 1 fully saturated rings. The molecule has 1 aromatic heterocycles. The molecule has 1 N–H and O–H groups in total. The predicted molar refractivity (Wildman–Crippen MR) is 71.3 cm³/mol. The monoisotopic (exact) mass is 258 g/mol. The lowest BCUT2D eigenvalue weighted by atomic mass is 9.98. The fourth-order valence-corrected chi connectivity index (χ4v) is 3.42. The SMILES string of the molecule is CN(Cc1cc(Cl)cs1)CC1CCNCC1. The van der Waals surface area contributed by atoms with Crippen molar-refractivity contribution in [1.82, 2.24) is 10.2 Å². The van der Waals surface area contributed by atoms with Gasteiger partial charge in [0.05, 0.1) is 5.02 Å². The van der Waals surface area contributed by atoms with Crippen molar-refractivity contribution in [2.24, 2.45) is 5.92 Å². The highest BCUT2D eigenvalue weighted by atomic mass is 35.5. The Balaban J connectivity index is 1.77. The molecule has 0 bridgehead atoms. The Bertz CT molecular complexity index is 321. The Morgan fingerprint density at radius 3 is 2.88 bits per heavy atom. The number of halogens is 1. The number of rotatable bonds is 4. The van der Waals surface area contributed by atoms with Crippen LogP contribution in [-0.4, -0.2) is 31.6 Å². The fraction of sp³-hybridized carbons (Fsp3) is 0.667. The number of nitrogens with one attached hydrogen (secondary N) is 1. The van der Waals surface area contributed by atoms with Crippen LogP contribution < -0.4 is 5.32 Å². The number of thiophene rings is 1. The van der Waals surface area contributed by atoms with Crippen LogP contribution in [0.25, 0.3) is 0 Å². The number of nitrogens with zero attached hydrogens (tertiary/aromatic N) is 1. The lowest BCUT2D eigenvalue weighted by molar-refractivity contribution is 0.236. The quantitative estimate of drug-likeness (QED) is 0.894. The first kappa shape index (κ1) is 12.4. The first-order valence-corrected chi connectivity index (χ1v) is 7.12. The lowest BCUT2D eigenvalue weighted by Gasteiger charge is -2.27. The molecule has 0 amide bonds. The third-order valence-corrected chi connectivity index (χ3v) is 4.35. The zero-order chi connectivity index (χ0) is 11.4. The second kappa shape index (κ2) is 6.01. The molecule has 90 valence electrons. The van der Waals surface area contributed by atoms with Gasteiger partial charge in [-0.25, -0.2) is 0 Å². The van der Waals surface area contributed by atoms with Crippen LogP contribution in [0.2, 0.25) is 5.02 Å². The highest BCUT2D eigenvalue weighted by Crippen LogP contribution is 2.21. The van der Waals surface area contributed by atoms with E-state index in [4.69, 9.17) is 11.6 Å². The second-order valence-corrected chi connectivity index (χ2v) is 6.05. The molecule has 16 heavy (non-hydrogen) atoms. The molecule has 0 unspecified atom stereocenters. The van der Waals surface area contributed by atoms with E-state index in [-0.39, 0.29) is 0 Å². The van der Waals surface area contributed by atoms with Gasteiger partial charge in [0.15, 0.2) is 0 Å². The lowest BCUT2D eigenvalue weighted by Crippen LogP contribution is -2.34. The first-order valence-electron chi connectivity index (χ1n) is 5.86. The van der Waals surface area contributed by atoms with Crippen LogP contribution in [0.1, 0.15) is 17.7 Å². The van der Waals surface area contributed by atoms with Crippen LogP contribution in [-0.2, 0) is 6.54 Å². The van der Waals surface area contributed by atoms with Gasteiger partial charge in [-0.3, -0.25) is 0 Å². The molecule has 0 aliphatic carbocycles. The van der Waals surface area contributed by atoms with Gasteiger partial charge in [0.2, 0.25) is 0 Å². The van der Waals surface area contributed by atoms with Crippen LogP contribution in [0.15, 0.2) is 11.4 Å². The van der Waals surface area contributed by atoms with Crippen molar-refractivity contribution in [2.75, 3.05) is 26.7 Å². The van der Waals surface area contributed by atoms with Crippen molar-refractivity contribution in [3.05, 3.63) is 21.3 Å². The second-order valence-electron chi connectivity index (χ2n) is 4.62. The third kappa shape index (κ3) is 3.74. The summed E-state index contributed by atoms with van der Waals surface area (Å²) >= 11 is 7.67. The van der Waals surface area contributed by atoms with E-state index in [1.807, 2.05) is 5.38 Å². The summed E-state index contributed by atoms with van der Waals surface area (Å²) in [6, 6.07) is 2.07. The average molecular weight is 259 g/mol. The summed E-state index contributed by atoms with van der Waals surface area (Å²) in [5.74, 6) is 0.863. The van der Waals surface area contributed by atoms with Crippen molar-refractivity contribution in [1.29, 1.82) is 0 Å². The predicted octanol–water partition coefficient (Wildman–Crippen LogP) is 2.83. The Hall–Kier alpha value is -0.0900. The Morgan fingerprint density at radius 2 is 2.25 bits per heavy atom. The Labute approximate surface area is 107 Å². The van der Waals surface area contributed by atoms with Gasteiger partial charge in [-0.1, -0.05) is 11.6 Å². The maximum atomic E-state index is 5.92. The molecule has 2 nitrogen and oxygen atoms in total. The van der Waals surface area contributed by atoms with Crippen molar-refractivity contribution in [2.45, 2.75) is 19.4 Å². The van der Waals surface area contributed by atoms with E-state index in [9.17, 15) is 0 Å². The minimum absolute atomic E-state index is 0.863. The van der Waals surface area contributed by atoms with E-state index >= 15 is 0 Å². The average Bonchev–Trinajstić information content (AvgIpc) is 2.65. The molecule has 0 atom stereocenters. The molecule has 1 saturated heterocycles. The Morgan fingerprint density at radius 1 is 1.50 bits per heavy atom. The van der Waals surface area contributed by atoms with Crippen LogP contribution in [0.3, 0.4) is 0 Å². The number of hydrogen-bond acceptors (Lipinski definition) is 3. The summed E-state index contributed by atoms with van der Waals surface area (Å²) in [4.78, 5) is 3.78. The first-order chi connectivity index (χ1) is 7.74. The fourth-order valence-electron chi connectivity index (χ4n) is 2.27. The molecule has 2 rings (SSSR count). The van der Waals surface area contributed by atoms with E-state index in [1.54, 1.807) is 11.3 Å². The smallest absolute Gasteiger partial charge is 0.0516 e. The standard InChI is InChI=1S/C12H19ClN2S/c1-15(7-10-2-4-14-5-3-10)8-12-6-11(13)9-16-12/h6,9-10,14H,2-5,7-8H2,1H3. The molecule has 0 aromatic carbocycles. The van der Waals surface area contributed by atoms with E-state index in [0.29, 0.717) is 0 Å². The summed E-state index contributed by atoms with van der Waals surface area (Å²) in [5.41, 5.74) is 0. The summed E-state index contributed by atoms with van der Waals surface area (Å²) in [7, 11) is 2.20. The van der Waals surface area contributed by atoms with Crippen LogP contribution in [0.5, 0.6) is 0 Å². The van der Waals surface area contributed by atoms with Gasteiger partial charge in [0, 0.05) is 23.3 Å². The normalized spacial score (nSPS) is 18.2. The van der Waals surface area contributed by atoms with Crippen LogP contribution in [0, 0.1) is 5.92 Å². The summed E-state index contributed by atoms with van der Waals surface area (Å²) in [6.07, 6.45) is 2.63.